The molecule has 3 heteroatoms. The van der Waals surface area contributed by atoms with E-state index in [0.29, 0.717) is 0 Å². The highest BCUT2D eigenvalue weighted by atomic mass is 35.5. The van der Waals surface area contributed by atoms with Crippen molar-refractivity contribution in [3.63, 3.8) is 0 Å². The number of nitrogens with one attached hydrogen (secondary N) is 1. The second kappa shape index (κ2) is 4.07. The van der Waals surface area contributed by atoms with Gasteiger partial charge in [0.1, 0.15) is 0 Å². The fraction of sp³-hybridized carbons (Fsp3) is 0.250. The Morgan fingerprint density at radius 1 is 1.60 bits per heavy atom. The molecule has 15 heavy (non-hydrogen) atoms. The van der Waals surface area contributed by atoms with E-state index in [2.05, 4.69) is 11.9 Å². The van der Waals surface area contributed by atoms with Gasteiger partial charge in [-0.25, -0.2) is 0 Å². The summed E-state index contributed by atoms with van der Waals surface area (Å²) in [5.74, 6) is -0.132. The summed E-state index contributed by atoms with van der Waals surface area (Å²) >= 11 is 6.07. The first-order chi connectivity index (χ1) is 7.22. The van der Waals surface area contributed by atoms with Crippen LogP contribution in [-0.2, 0) is 11.2 Å². The van der Waals surface area contributed by atoms with Crippen LogP contribution in [0.4, 0.5) is 0 Å². The normalized spacial score (nSPS) is 18.3. The van der Waals surface area contributed by atoms with Gasteiger partial charge in [-0.2, -0.15) is 0 Å². The van der Waals surface area contributed by atoms with Crippen LogP contribution in [0.1, 0.15) is 23.6 Å². The van der Waals surface area contributed by atoms with Gasteiger partial charge in [0.25, 0.3) is 0 Å². The van der Waals surface area contributed by atoms with Crippen molar-refractivity contribution in [2.24, 2.45) is 0 Å². The molecular formula is C12H12ClNO. The van der Waals surface area contributed by atoms with Crippen LogP contribution in [0, 0.1) is 0 Å². The Morgan fingerprint density at radius 2 is 2.40 bits per heavy atom. The first kappa shape index (κ1) is 10.2. The molecular weight excluding hydrogens is 210 g/mol. The Labute approximate surface area is 93.9 Å². The molecule has 78 valence electrons. The molecule has 1 aromatic rings. The molecule has 0 spiro atoms. The number of carbonyl (C=O) groups is 1. The SMILES string of the molecule is C=CC(=O)N[C@H]1CCc2c(Cl)cccc21. The minimum absolute atomic E-state index is 0.0872. The van der Waals surface area contributed by atoms with Crippen LogP contribution in [0.15, 0.2) is 30.9 Å². The van der Waals surface area contributed by atoms with Crippen molar-refractivity contribution < 1.29 is 4.79 Å². The van der Waals surface area contributed by atoms with E-state index in [1.54, 1.807) is 0 Å². The number of hydrogen-bond donors (Lipinski definition) is 1. The summed E-state index contributed by atoms with van der Waals surface area (Å²) in [6.45, 7) is 3.44. The lowest BCUT2D eigenvalue weighted by Crippen LogP contribution is -2.24. The largest absolute Gasteiger partial charge is 0.346 e. The zero-order valence-corrected chi connectivity index (χ0v) is 9.05. The molecule has 0 aromatic heterocycles. The van der Waals surface area contributed by atoms with E-state index >= 15 is 0 Å². The summed E-state index contributed by atoms with van der Waals surface area (Å²) < 4.78 is 0. The molecule has 0 bridgehead atoms. The van der Waals surface area contributed by atoms with E-state index in [4.69, 9.17) is 11.6 Å². The Kier molecular flexibility index (Phi) is 2.78. The molecule has 0 fully saturated rings. The van der Waals surface area contributed by atoms with Gasteiger partial charge in [-0.1, -0.05) is 30.3 Å². The highest BCUT2D eigenvalue weighted by Gasteiger charge is 2.24. The second-order valence-corrected chi connectivity index (χ2v) is 4.02. The summed E-state index contributed by atoms with van der Waals surface area (Å²) in [4.78, 5) is 11.2. The maximum atomic E-state index is 11.2. The third-order valence-corrected chi connectivity index (χ3v) is 3.07. The van der Waals surface area contributed by atoms with Crippen molar-refractivity contribution >= 4 is 17.5 Å². The van der Waals surface area contributed by atoms with Gasteiger partial charge in [-0.15, -0.1) is 0 Å². The van der Waals surface area contributed by atoms with Gasteiger partial charge in [-0.3, -0.25) is 4.79 Å². The summed E-state index contributed by atoms with van der Waals surface area (Å²) in [6.07, 6.45) is 3.14. The van der Waals surface area contributed by atoms with Crippen LogP contribution in [0.5, 0.6) is 0 Å². The van der Waals surface area contributed by atoms with Crippen LogP contribution in [-0.4, -0.2) is 5.91 Å². The van der Waals surface area contributed by atoms with E-state index < -0.39 is 0 Å². The minimum Gasteiger partial charge on any atom is -0.346 e. The molecule has 1 N–H and O–H groups in total. The van der Waals surface area contributed by atoms with E-state index in [1.807, 2.05) is 18.2 Å². The maximum Gasteiger partial charge on any atom is 0.243 e. The zero-order chi connectivity index (χ0) is 10.8. The van der Waals surface area contributed by atoms with Gasteiger partial charge >= 0.3 is 0 Å². The van der Waals surface area contributed by atoms with Gasteiger partial charge < -0.3 is 5.32 Å². The Bertz CT molecular complexity index is 414. The first-order valence-electron chi connectivity index (χ1n) is 4.92. The lowest BCUT2D eigenvalue weighted by molar-refractivity contribution is -0.117. The molecule has 0 unspecified atom stereocenters. The number of fused-ring (bicyclic) bond motifs is 1. The zero-order valence-electron chi connectivity index (χ0n) is 8.29. The number of carbonyl (C=O) groups excluding carboxylic acids is 1. The smallest absolute Gasteiger partial charge is 0.243 e. The predicted octanol–water partition coefficient (Wildman–Crippen LogP) is 2.63. The molecule has 0 radical (unpaired) electrons. The van der Waals surface area contributed by atoms with Crippen LogP contribution < -0.4 is 5.32 Å². The van der Waals surface area contributed by atoms with Crippen molar-refractivity contribution in [1.82, 2.24) is 5.32 Å². The molecule has 2 rings (SSSR count). The summed E-state index contributed by atoms with van der Waals surface area (Å²) in [5, 5.41) is 3.69. The van der Waals surface area contributed by atoms with Crippen molar-refractivity contribution in [3.05, 3.63) is 47.0 Å². The van der Waals surface area contributed by atoms with Gasteiger partial charge in [0.15, 0.2) is 0 Å². The topological polar surface area (TPSA) is 29.1 Å². The van der Waals surface area contributed by atoms with E-state index in [1.165, 1.54) is 6.08 Å². The number of halogens is 1. The maximum absolute atomic E-state index is 11.2. The molecule has 0 saturated heterocycles. The minimum atomic E-state index is -0.132. The van der Waals surface area contributed by atoms with Gasteiger partial charge in [0.05, 0.1) is 6.04 Å². The van der Waals surface area contributed by atoms with E-state index in [9.17, 15) is 4.79 Å². The third-order valence-electron chi connectivity index (χ3n) is 2.72. The number of amides is 1. The van der Waals surface area contributed by atoms with E-state index in [-0.39, 0.29) is 11.9 Å². The van der Waals surface area contributed by atoms with Gasteiger partial charge in [0.2, 0.25) is 5.91 Å². The monoisotopic (exact) mass is 221 g/mol. The van der Waals surface area contributed by atoms with Gasteiger partial charge in [0, 0.05) is 5.02 Å². The fourth-order valence-corrected chi connectivity index (χ4v) is 2.27. The Hall–Kier alpha value is -1.28. The lowest BCUT2D eigenvalue weighted by atomic mass is 10.1. The van der Waals surface area contributed by atoms with Crippen LogP contribution in [0.25, 0.3) is 0 Å². The standard InChI is InChI=1S/C12H12ClNO/c1-2-12(15)14-11-7-6-8-9(11)4-3-5-10(8)13/h2-5,11H,1,6-7H2,(H,14,15)/t11-/m0/s1. The predicted molar refractivity (Wildman–Crippen MR) is 60.9 cm³/mol. The molecule has 1 aromatic carbocycles. The quantitative estimate of drug-likeness (QED) is 0.765. The van der Waals surface area contributed by atoms with Gasteiger partial charge in [-0.05, 0) is 36.1 Å². The van der Waals surface area contributed by atoms with Crippen molar-refractivity contribution in [3.8, 4) is 0 Å². The molecule has 0 heterocycles. The molecule has 2 nitrogen and oxygen atoms in total. The Morgan fingerprint density at radius 3 is 3.13 bits per heavy atom. The van der Waals surface area contributed by atoms with Crippen LogP contribution in [0.3, 0.4) is 0 Å². The third kappa shape index (κ3) is 1.90. The summed E-state index contributed by atoms with van der Waals surface area (Å²) in [6, 6.07) is 5.91. The fourth-order valence-electron chi connectivity index (χ4n) is 1.99. The second-order valence-electron chi connectivity index (χ2n) is 3.61. The molecule has 1 aliphatic rings. The number of rotatable bonds is 2. The number of benzene rings is 1. The van der Waals surface area contributed by atoms with Crippen LogP contribution >= 0.6 is 11.6 Å². The highest BCUT2D eigenvalue weighted by Crippen LogP contribution is 2.35. The first-order valence-corrected chi connectivity index (χ1v) is 5.30. The average molecular weight is 222 g/mol. The lowest BCUT2D eigenvalue weighted by Gasteiger charge is -2.12. The average Bonchev–Trinajstić information content (AvgIpc) is 2.63. The van der Waals surface area contributed by atoms with Crippen LogP contribution in [0.2, 0.25) is 5.02 Å². The molecule has 0 saturated carbocycles. The van der Waals surface area contributed by atoms with Crippen molar-refractivity contribution in [2.45, 2.75) is 18.9 Å². The number of hydrogen-bond acceptors (Lipinski definition) is 1. The Balaban J connectivity index is 2.25. The molecule has 1 atom stereocenters. The van der Waals surface area contributed by atoms with E-state index in [0.717, 1.165) is 29.0 Å². The molecule has 1 amide bonds. The summed E-state index contributed by atoms with van der Waals surface area (Å²) in [7, 11) is 0. The van der Waals surface area contributed by atoms with Crippen molar-refractivity contribution in [2.75, 3.05) is 0 Å². The highest BCUT2D eigenvalue weighted by molar-refractivity contribution is 6.31. The molecule has 0 aliphatic heterocycles. The molecule has 1 aliphatic carbocycles. The summed E-state index contributed by atoms with van der Waals surface area (Å²) in [5.41, 5.74) is 2.30. The van der Waals surface area contributed by atoms with Crippen molar-refractivity contribution in [1.29, 1.82) is 0 Å².